The van der Waals surface area contributed by atoms with Gasteiger partial charge in [-0.05, 0) is 48.4 Å². The van der Waals surface area contributed by atoms with E-state index >= 15 is 0 Å². The van der Waals surface area contributed by atoms with Crippen LogP contribution in [0.3, 0.4) is 0 Å². The molecule has 2 amide bonds. The number of carbonyl (C=O) groups is 2. The van der Waals surface area contributed by atoms with Crippen LogP contribution in [0.15, 0.2) is 66.9 Å². The maximum atomic E-state index is 13.3. The largest absolute Gasteiger partial charge is 0.484 e. The number of hydrogen-bond acceptors (Lipinski definition) is 7. The van der Waals surface area contributed by atoms with Crippen LogP contribution < -0.4 is 10.1 Å². The van der Waals surface area contributed by atoms with Gasteiger partial charge in [0.25, 0.3) is 11.8 Å². The summed E-state index contributed by atoms with van der Waals surface area (Å²) >= 11 is 0. The van der Waals surface area contributed by atoms with Gasteiger partial charge in [0.05, 0.1) is 23.5 Å². The van der Waals surface area contributed by atoms with E-state index in [0.29, 0.717) is 44.0 Å². The Bertz CT molecular complexity index is 1700. The minimum absolute atomic E-state index is 0.0805. The van der Waals surface area contributed by atoms with Crippen molar-refractivity contribution in [1.29, 1.82) is 0 Å². The van der Waals surface area contributed by atoms with Gasteiger partial charge in [-0.15, -0.1) is 5.10 Å². The highest BCUT2D eigenvalue weighted by atomic mass is 19.4. The second-order valence-corrected chi connectivity index (χ2v) is 10.8. The average Bonchev–Trinajstić information content (AvgIpc) is 3.39. The molecule has 0 atom stereocenters. The summed E-state index contributed by atoms with van der Waals surface area (Å²) in [5.74, 6) is -0.940. The Morgan fingerprint density at radius 1 is 0.872 bits per heavy atom. The van der Waals surface area contributed by atoms with E-state index in [1.165, 1.54) is 41.2 Å². The Morgan fingerprint density at radius 2 is 1.55 bits per heavy atom. The third-order valence-corrected chi connectivity index (χ3v) is 7.45. The van der Waals surface area contributed by atoms with Gasteiger partial charge in [-0.2, -0.15) is 26.3 Å². The Morgan fingerprint density at radius 3 is 2.19 bits per heavy atom. The fourth-order valence-electron chi connectivity index (χ4n) is 4.93. The molecule has 16 heteroatoms. The zero-order valence-corrected chi connectivity index (χ0v) is 25.0. The molecule has 0 aliphatic carbocycles. The van der Waals surface area contributed by atoms with Crippen LogP contribution in [0.4, 0.5) is 32.0 Å². The fraction of sp³-hybridized carbons (Fsp3) is 0.323. The van der Waals surface area contributed by atoms with E-state index < -0.39 is 30.4 Å². The van der Waals surface area contributed by atoms with Crippen LogP contribution in [0.5, 0.6) is 5.75 Å². The summed E-state index contributed by atoms with van der Waals surface area (Å²) in [6, 6.07) is 14.0. The van der Waals surface area contributed by atoms with E-state index in [4.69, 9.17) is 4.74 Å². The topological polar surface area (TPSA) is 105 Å². The number of anilines is 1. The van der Waals surface area contributed by atoms with Gasteiger partial charge in [-0.1, -0.05) is 35.5 Å². The highest BCUT2D eigenvalue weighted by molar-refractivity contribution is 6.03. The quantitative estimate of drug-likeness (QED) is 0.246. The summed E-state index contributed by atoms with van der Waals surface area (Å²) in [5, 5.41) is 10.4. The first-order valence-electron chi connectivity index (χ1n) is 14.4. The van der Waals surface area contributed by atoms with Crippen molar-refractivity contribution in [2.45, 2.75) is 32.4 Å². The molecule has 5 rings (SSSR count). The minimum atomic E-state index is -4.63. The molecule has 0 saturated carbocycles. The van der Waals surface area contributed by atoms with Crippen molar-refractivity contribution in [3.8, 4) is 5.75 Å². The van der Waals surface area contributed by atoms with Gasteiger partial charge in [0, 0.05) is 38.9 Å². The molecule has 1 aliphatic heterocycles. The molecule has 1 fully saturated rings. The van der Waals surface area contributed by atoms with Crippen molar-refractivity contribution in [3.63, 3.8) is 0 Å². The average molecular weight is 662 g/mol. The van der Waals surface area contributed by atoms with Crippen LogP contribution in [0.2, 0.25) is 0 Å². The molecule has 0 radical (unpaired) electrons. The molecule has 10 nitrogen and oxygen atoms in total. The molecule has 0 spiro atoms. The monoisotopic (exact) mass is 661 g/mol. The van der Waals surface area contributed by atoms with Crippen LogP contribution in [0.1, 0.15) is 43.4 Å². The zero-order valence-electron chi connectivity index (χ0n) is 25.0. The Balaban J connectivity index is 1.12. The normalized spacial score (nSPS) is 14.2. The molecule has 1 aliphatic rings. The number of halogens is 6. The lowest BCUT2D eigenvalue weighted by Crippen LogP contribution is -2.48. The van der Waals surface area contributed by atoms with Gasteiger partial charge in [-0.3, -0.25) is 19.5 Å². The first kappa shape index (κ1) is 33.4. The number of nitrogens with zero attached hydrogens (tertiary/aromatic N) is 6. The van der Waals surface area contributed by atoms with Gasteiger partial charge in [-0.25, -0.2) is 4.68 Å². The standard InChI is InChI=1S/C31H29F6N7O3/c1-20-27(29(46)43-14-12-42(13-15-43)17-21-6-9-23(10-7-21)47-19-30(32,33)34)40-41-44(20)18-22-8-11-26(38-16-22)28(45)39-25-5-3-2-4-24(25)31(35,36)37/h2-11,16H,12-15,17-19H2,1H3,(H,39,45). The summed E-state index contributed by atoms with van der Waals surface area (Å²) in [6.07, 6.45) is -7.64. The first-order chi connectivity index (χ1) is 22.3. The molecule has 3 heterocycles. The molecule has 1 saturated heterocycles. The third-order valence-electron chi connectivity index (χ3n) is 7.45. The van der Waals surface area contributed by atoms with Gasteiger partial charge < -0.3 is 15.0 Å². The third kappa shape index (κ3) is 8.64. The van der Waals surface area contributed by atoms with Crippen molar-refractivity contribution in [2.24, 2.45) is 0 Å². The number of amides is 2. The molecule has 0 unspecified atom stereocenters. The van der Waals surface area contributed by atoms with Gasteiger partial charge in [0.1, 0.15) is 11.4 Å². The molecular weight excluding hydrogens is 632 g/mol. The molecule has 47 heavy (non-hydrogen) atoms. The lowest BCUT2D eigenvalue weighted by atomic mass is 10.1. The second kappa shape index (κ2) is 13.8. The first-order valence-corrected chi connectivity index (χ1v) is 14.4. The highest BCUT2D eigenvalue weighted by Gasteiger charge is 2.34. The molecule has 4 aromatic rings. The van der Waals surface area contributed by atoms with E-state index in [1.807, 2.05) is 0 Å². The lowest BCUT2D eigenvalue weighted by Gasteiger charge is -2.34. The predicted molar refractivity (Wildman–Crippen MR) is 157 cm³/mol. The molecule has 2 aromatic heterocycles. The van der Waals surface area contributed by atoms with Crippen LogP contribution in [-0.4, -0.2) is 80.6 Å². The van der Waals surface area contributed by atoms with Crippen LogP contribution in [-0.2, 0) is 19.3 Å². The lowest BCUT2D eigenvalue weighted by molar-refractivity contribution is -0.153. The van der Waals surface area contributed by atoms with Crippen LogP contribution in [0, 0.1) is 6.92 Å². The number of para-hydroxylation sites is 1. The number of pyridine rings is 1. The van der Waals surface area contributed by atoms with Crippen molar-refractivity contribution in [3.05, 3.63) is 101 Å². The maximum absolute atomic E-state index is 13.3. The number of hydrogen-bond donors (Lipinski definition) is 1. The van der Waals surface area contributed by atoms with Crippen LogP contribution in [0.25, 0.3) is 0 Å². The van der Waals surface area contributed by atoms with E-state index in [-0.39, 0.29) is 35.3 Å². The number of aromatic nitrogens is 4. The number of nitrogens with one attached hydrogen (secondary N) is 1. The zero-order chi connectivity index (χ0) is 33.8. The number of benzene rings is 2. The van der Waals surface area contributed by atoms with Crippen molar-refractivity contribution in [1.82, 2.24) is 29.8 Å². The van der Waals surface area contributed by atoms with E-state index in [1.54, 1.807) is 30.0 Å². The second-order valence-electron chi connectivity index (χ2n) is 10.8. The highest BCUT2D eigenvalue weighted by Crippen LogP contribution is 2.34. The summed E-state index contributed by atoms with van der Waals surface area (Å²) in [7, 11) is 0. The summed E-state index contributed by atoms with van der Waals surface area (Å²) in [6.45, 7) is 3.15. The predicted octanol–water partition coefficient (Wildman–Crippen LogP) is 5.20. The number of piperazine rings is 1. The SMILES string of the molecule is Cc1c(C(=O)N2CCN(Cc3ccc(OCC(F)(F)F)cc3)CC2)nnn1Cc1ccc(C(=O)Nc2ccccc2C(F)(F)F)nc1. The summed E-state index contributed by atoms with van der Waals surface area (Å²) < 4.78 is 83.1. The number of alkyl halides is 6. The molecule has 2 aromatic carbocycles. The molecule has 1 N–H and O–H groups in total. The van der Waals surface area contributed by atoms with Gasteiger partial charge in [0.2, 0.25) is 0 Å². The van der Waals surface area contributed by atoms with Crippen molar-refractivity contribution in [2.75, 3.05) is 38.1 Å². The minimum Gasteiger partial charge on any atom is -0.484 e. The fourth-order valence-corrected chi connectivity index (χ4v) is 4.93. The van der Waals surface area contributed by atoms with E-state index in [9.17, 15) is 35.9 Å². The van der Waals surface area contributed by atoms with Gasteiger partial charge in [0.15, 0.2) is 12.3 Å². The van der Waals surface area contributed by atoms with Crippen molar-refractivity contribution < 1.29 is 40.7 Å². The molecule has 248 valence electrons. The maximum Gasteiger partial charge on any atom is 0.422 e. The Labute approximate surface area is 264 Å². The van der Waals surface area contributed by atoms with Gasteiger partial charge >= 0.3 is 12.4 Å². The Hall–Kier alpha value is -4.99. The van der Waals surface area contributed by atoms with Crippen molar-refractivity contribution >= 4 is 17.5 Å². The summed E-state index contributed by atoms with van der Waals surface area (Å²) in [4.78, 5) is 33.7. The Kier molecular flexibility index (Phi) is 9.79. The number of carbonyl (C=O) groups excluding carboxylic acids is 2. The van der Waals surface area contributed by atoms with E-state index in [0.717, 1.165) is 17.7 Å². The van der Waals surface area contributed by atoms with E-state index in [2.05, 4.69) is 25.5 Å². The molecular formula is C31H29F6N7O3. The smallest absolute Gasteiger partial charge is 0.422 e. The van der Waals surface area contributed by atoms with Crippen LogP contribution >= 0.6 is 0 Å². The molecule has 0 bridgehead atoms. The number of ether oxygens (including phenoxy) is 1. The summed E-state index contributed by atoms with van der Waals surface area (Å²) in [5.41, 5.74) is 0.817. The number of rotatable bonds is 9.